The molecule has 0 saturated heterocycles. The number of nitrogens with one attached hydrogen (secondary N) is 1. The van der Waals surface area contributed by atoms with Gasteiger partial charge in [-0.15, -0.1) is 11.3 Å². The SMILES string of the molecule is CCc1nc(Cl)cc(NC(CC)c2cccs2)n1. The van der Waals surface area contributed by atoms with E-state index in [-0.39, 0.29) is 6.04 Å². The molecule has 1 N–H and O–H groups in total. The van der Waals surface area contributed by atoms with Crippen molar-refractivity contribution in [2.24, 2.45) is 0 Å². The largest absolute Gasteiger partial charge is 0.362 e. The topological polar surface area (TPSA) is 37.8 Å². The van der Waals surface area contributed by atoms with E-state index in [0.717, 1.165) is 24.5 Å². The minimum absolute atomic E-state index is 0.278. The Labute approximate surface area is 116 Å². The van der Waals surface area contributed by atoms with E-state index in [9.17, 15) is 0 Å². The van der Waals surface area contributed by atoms with Crippen molar-refractivity contribution in [3.05, 3.63) is 39.4 Å². The second-order valence-corrected chi connectivity index (χ2v) is 5.33. The van der Waals surface area contributed by atoms with Crippen molar-refractivity contribution in [1.29, 1.82) is 0 Å². The van der Waals surface area contributed by atoms with Crippen molar-refractivity contribution in [3.8, 4) is 0 Å². The van der Waals surface area contributed by atoms with Crippen molar-refractivity contribution in [1.82, 2.24) is 9.97 Å². The molecule has 2 aromatic heterocycles. The molecule has 0 aliphatic rings. The van der Waals surface area contributed by atoms with Gasteiger partial charge in [-0.2, -0.15) is 0 Å². The maximum atomic E-state index is 5.99. The molecule has 3 nitrogen and oxygen atoms in total. The third-order valence-corrected chi connectivity index (χ3v) is 3.85. The van der Waals surface area contributed by atoms with Crippen LogP contribution in [0.1, 0.15) is 37.0 Å². The van der Waals surface area contributed by atoms with Crippen LogP contribution < -0.4 is 5.32 Å². The van der Waals surface area contributed by atoms with Crippen LogP contribution in [0.5, 0.6) is 0 Å². The number of rotatable bonds is 5. The van der Waals surface area contributed by atoms with Crippen LogP contribution in [0.3, 0.4) is 0 Å². The molecule has 0 saturated carbocycles. The minimum Gasteiger partial charge on any atom is -0.362 e. The van der Waals surface area contributed by atoms with E-state index < -0.39 is 0 Å². The fraction of sp³-hybridized carbons (Fsp3) is 0.385. The zero-order valence-corrected chi connectivity index (χ0v) is 12.1. The highest BCUT2D eigenvalue weighted by molar-refractivity contribution is 7.10. The third-order valence-electron chi connectivity index (χ3n) is 2.67. The molecular formula is C13H16ClN3S. The normalized spacial score (nSPS) is 12.4. The lowest BCUT2D eigenvalue weighted by Crippen LogP contribution is -2.10. The van der Waals surface area contributed by atoms with Gasteiger partial charge in [0.05, 0.1) is 6.04 Å². The number of thiophene rings is 1. The molecule has 0 fully saturated rings. The van der Waals surface area contributed by atoms with Gasteiger partial charge in [-0.25, -0.2) is 9.97 Å². The Morgan fingerprint density at radius 2 is 2.22 bits per heavy atom. The van der Waals surface area contributed by atoms with E-state index in [1.165, 1.54) is 4.88 Å². The lowest BCUT2D eigenvalue weighted by atomic mass is 10.2. The van der Waals surface area contributed by atoms with Gasteiger partial charge in [0.25, 0.3) is 0 Å². The molecule has 0 aliphatic heterocycles. The van der Waals surface area contributed by atoms with E-state index in [1.54, 1.807) is 17.4 Å². The molecule has 0 aliphatic carbocycles. The van der Waals surface area contributed by atoms with Gasteiger partial charge in [-0.05, 0) is 17.9 Å². The Kier molecular flexibility index (Phi) is 4.55. The summed E-state index contributed by atoms with van der Waals surface area (Å²) in [6.07, 6.45) is 1.79. The number of nitrogens with zero attached hydrogens (tertiary/aromatic N) is 2. The highest BCUT2D eigenvalue weighted by Crippen LogP contribution is 2.26. The highest BCUT2D eigenvalue weighted by Gasteiger charge is 2.11. The summed E-state index contributed by atoms with van der Waals surface area (Å²) in [5.41, 5.74) is 0. The van der Waals surface area contributed by atoms with Gasteiger partial charge >= 0.3 is 0 Å². The van der Waals surface area contributed by atoms with Crippen molar-refractivity contribution < 1.29 is 0 Å². The summed E-state index contributed by atoms with van der Waals surface area (Å²) in [5.74, 6) is 1.57. The zero-order chi connectivity index (χ0) is 13.0. The predicted octanol–water partition coefficient (Wildman–Crippen LogP) is 4.32. The van der Waals surface area contributed by atoms with Crippen molar-refractivity contribution in [2.45, 2.75) is 32.7 Å². The van der Waals surface area contributed by atoms with Crippen LogP contribution in [-0.4, -0.2) is 9.97 Å². The summed E-state index contributed by atoms with van der Waals surface area (Å²) in [4.78, 5) is 9.92. The smallest absolute Gasteiger partial charge is 0.134 e. The molecule has 2 heterocycles. The Morgan fingerprint density at radius 3 is 2.83 bits per heavy atom. The van der Waals surface area contributed by atoms with Gasteiger partial charge in [-0.1, -0.05) is 31.5 Å². The van der Waals surface area contributed by atoms with Crippen LogP contribution >= 0.6 is 22.9 Å². The molecule has 18 heavy (non-hydrogen) atoms. The number of aryl methyl sites for hydroxylation is 1. The number of halogens is 1. The molecule has 0 amide bonds. The van der Waals surface area contributed by atoms with Gasteiger partial charge < -0.3 is 5.32 Å². The van der Waals surface area contributed by atoms with E-state index in [4.69, 9.17) is 11.6 Å². The molecule has 0 bridgehead atoms. The van der Waals surface area contributed by atoms with E-state index in [0.29, 0.717) is 5.15 Å². The first-order valence-corrected chi connectivity index (χ1v) is 7.32. The Hall–Kier alpha value is -1.13. The number of hydrogen-bond donors (Lipinski definition) is 1. The molecule has 1 unspecified atom stereocenters. The zero-order valence-electron chi connectivity index (χ0n) is 10.5. The summed E-state index contributed by atoms with van der Waals surface area (Å²) in [7, 11) is 0. The van der Waals surface area contributed by atoms with Crippen LogP contribution in [0.2, 0.25) is 5.15 Å². The first kappa shape index (κ1) is 13.3. The first-order chi connectivity index (χ1) is 8.72. The Bertz CT molecular complexity index is 499. The average Bonchev–Trinajstić information content (AvgIpc) is 2.89. The maximum Gasteiger partial charge on any atom is 0.134 e. The van der Waals surface area contributed by atoms with Gasteiger partial charge in [0.15, 0.2) is 0 Å². The van der Waals surface area contributed by atoms with Crippen LogP contribution in [0.25, 0.3) is 0 Å². The minimum atomic E-state index is 0.278. The lowest BCUT2D eigenvalue weighted by molar-refractivity contribution is 0.755. The number of anilines is 1. The highest BCUT2D eigenvalue weighted by atomic mass is 35.5. The van der Waals surface area contributed by atoms with Gasteiger partial charge in [0.1, 0.15) is 16.8 Å². The molecule has 1 atom stereocenters. The molecule has 2 rings (SSSR count). The number of hydrogen-bond acceptors (Lipinski definition) is 4. The second-order valence-electron chi connectivity index (χ2n) is 3.97. The fourth-order valence-electron chi connectivity index (χ4n) is 1.74. The van der Waals surface area contributed by atoms with Crippen LogP contribution in [0.4, 0.5) is 5.82 Å². The monoisotopic (exact) mass is 281 g/mol. The average molecular weight is 282 g/mol. The Morgan fingerprint density at radius 1 is 1.39 bits per heavy atom. The Balaban J connectivity index is 2.19. The summed E-state index contributed by atoms with van der Waals surface area (Å²) >= 11 is 7.74. The fourth-order valence-corrected chi connectivity index (χ4v) is 2.80. The van der Waals surface area contributed by atoms with Crippen molar-refractivity contribution in [2.75, 3.05) is 5.32 Å². The summed E-state index contributed by atoms with van der Waals surface area (Å²) in [5, 5.41) is 6.00. The molecular weight excluding hydrogens is 266 g/mol. The summed E-state index contributed by atoms with van der Waals surface area (Å²) in [6, 6.07) is 6.25. The molecule has 0 spiro atoms. The third kappa shape index (κ3) is 3.21. The van der Waals surface area contributed by atoms with Crippen LogP contribution in [0, 0.1) is 0 Å². The molecule has 96 valence electrons. The predicted molar refractivity (Wildman–Crippen MR) is 77.4 cm³/mol. The standard InChI is InChI=1S/C13H16ClN3S/c1-3-9(10-6-5-7-18-10)15-13-8-11(14)16-12(4-2)17-13/h5-9H,3-4H2,1-2H3,(H,15,16,17). The van der Waals surface area contributed by atoms with E-state index in [2.05, 4.69) is 39.7 Å². The van der Waals surface area contributed by atoms with E-state index >= 15 is 0 Å². The van der Waals surface area contributed by atoms with Gasteiger partial charge in [-0.3, -0.25) is 0 Å². The van der Waals surface area contributed by atoms with Crippen LogP contribution in [-0.2, 0) is 6.42 Å². The molecule has 0 radical (unpaired) electrons. The molecule has 5 heteroatoms. The summed E-state index contributed by atoms with van der Waals surface area (Å²) < 4.78 is 0. The summed E-state index contributed by atoms with van der Waals surface area (Å²) in [6.45, 7) is 4.17. The number of aromatic nitrogens is 2. The van der Waals surface area contributed by atoms with E-state index in [1.807, 2.05) is 6.92 Å². The quantitative estimate of drug-likeness (QED) is 0.830. The maximum absolute atomic E-state index is 5.99. The lowest BCUT2D eigenvalue weighted by Gasteiger charge is -2.16. The molecule has 2 aromatic rings. The van der Waals surface area contributed by atoms with Crippen molar-refractivity contribution >= 4 is 28.8 Å². The van der Waals surface area contributed by atoms with Gasteiger partial charge in [0, 0.05) is 17.4 Å². The van der Waals surface area contributed by atoms with Crippen molar-refractivity contribution in [3.63, 3.8) is 0 Å². The molecule has 0 aromatic carbocycles. The first-order valence-electron chi connectivity index (χ1n) is 6.06. The van der Waals surface area contributed by atoms with Crippen LogP contribution in [0.15, 0.2) is 23.6 Å². The van der Waals surface area contributed by atoms with Gasteiger partial charge in [0.2, 0.25) is 0 Å². The second kappa shape index (κ2) is 6.16.